The Hall–Kier alpha value is -7.74. The van der Waals surface area contributed by atoms with Crippen molar-refractivity contribution in [3.05, 3.63) is 224 Å². The highest BCUT2D eigenvalue weighted by Crippen LogP contribution is 2.49. The third-order valence-electron chi connectivity index (χ3n) is 13.2. The molecule has 4 heterocycles. The van der Waals surface area contributed by atoms with Crippen LogP contribution in [0.4, 0.5) is 34.1 Å². The molecular weight excluding hydrogens is 897 g/mol. The minimum atomic E-state index is 0.903. The first-order valence-electron chi connectivity index (χ1n) is 23.3. The van der Waals surface area contributed by atoms with Crippen LogP contribution in [-0.4, -0.2) is 0 Å². The third kappa shape index (κ3) is 7.22. The number of hydrogen-bond donors (Lipinski definition) is 0. The van der Waals surface area contributed by atoms with E-state index < -0.39 is 0 Å². The number of benzene rings is 8. The molecule has 4 aromatic heterocycles. The molecule has 0 amide bonds. The SMILES string of the molecule is C=C.C=Cc1sc2ccc(N(c3cccc(N(c4ccccc4)c4cccc5c6c(oc45)CCC=C6)c3)c3cccc4c3sc3ccc(-c5ccc6sc7ccccc7c6c5)cc34)cc2c1/C=C\C. The van der Waals surface area contributed by atoms with E-state index in [-0.39, 0.29) is 0 Å². The molecule has 0 radical (unpaired) electrons. The summed E-state index contributed by atoms with van der Waals surface area (Å²) in [6.07, 6.45) is 12.7. The molecule has 332 valence electrons. The van der Waals surface area contributed by atoms with Gasteiger partial charge in [0.25, 0.3) is 0 Å². The Morgan fingerprint density at radius 2 is 1.13 bits per heavy atom. The molecule has 1 aliphatic rings. The lowest BCUT2D eigenvalue weighted by molar-refractivity contribution is 0.546. The smallest absolute Gasteiger partial charge is 0.158 e. The van der Waals surface area contributed by atoms with Gasteiger partial charge < -0.3 is 14.2 Å². The third-order valence-corrected chi connectivity index (χ3v) is 16.7. The van der Waals surface area contributed by atoms with Gasteiger partial charge in [-0.3, -0.25) is 0 Å². The summed E-state index contributed by atoms with van der Waals surface area (Å²) in [6, 6.07) is 62.7. The summed E-state index contributed by atoms with van der Waals surface area (Å²) in [5.74, 6) is 1.05. The van der Waals surface area contributed by atoms with Crippen molar-refractivity contribution in [1.82, 2.24) is 0 Å². The van der Waals surface area contributed by atoms with Crippen LogP contribution in [0.3, 0.4) is 0 Å². The zero-order valence-electron chi connectivity index (χ0n) is 38.1. The highest BCUT2D eigenvalue weighted by atomic mass is 32.1. The van der Waals surface area contributed by atoms with Crippen molar-refractivity contribution in [2.24, 2.45) is 0 Å². The molecule has 3 nitrogen and oxygen atoms in total. The van der Waals surface area contributed by atoms with Gasteiger partial charge in [0, 0.05) is 96.3 Å². The van der Waals surface area contributed by atoms with E-state index in [1.54, 1.807) is 11.3 Å². The minimum absolute atomic E-state index is 0.903. The maximum atomic E-state index is 6.78. The first-order valence-corrected chi connectivity index (χ1v) is 25.7. The van der Waals surface area contributed by atoms with Crippen LogP contribution in [0.2, 0.25) is 0 Å². The fourth-order valence-electron chi connectivity index (χ4n) is 10.1. The second kappa shape index (κ2) is 17.7. The van der Waals surface area contributed by atoms with Crippen LogP contribution in [-0.2, 0) is 6.42 Å². The van der Waals surface area contributed by atoms with Crippen LogP contribution < -0.4 is 9.80 Å². The van der Waals surface area contributed by atoms with Crippen molar-refractivity contribution in [1.29, 1.82) is 0 Å². The summed E-state index contributed by atoms with van der Waals surface area (Å²) in [6.45, 7) is 12.3. The van der Waals surface area contributed by atoms with E-state index >= 15 is 0 Å². The van der Waals surface area contributed by atoms with Crippen LogP contribution in [0.1, 0.15) is 35.1 Å². The van der Waals surface area contributed by atoms with E-state index in [4.69, 9.17) is 4.42 Å². The Bertz CT molecular complexity index is 4010. The normalized spacial score (nSPS) is 12.4. The molecule has 0 atom stereocenters. The second-order valence-electron chi connectivity index (χ2n) is 17.1. The molecule has 0 spiro atoms. The molecule has 1 aliphatic carbocycles. The number of thiophene rings is 3. The van der Waals surface area contributed by atoms with Gasteiger partial charge >= 0.3 is 0 Å². The zero-order chi connectivity index (χ0) is 46.6. The standard InChI is InChI=1S/C61H42N2OS3.C2H4/c1-3-15-45-51-37-43(30-33-58(51)65-55(45)4-2)63(42-19-12-18-41(36-42)62(40-16-6-5-7-17-40)52-24-13-22-47-44-20-8-10-26-54(44)64-60(47)52)53-25-14-23-48-50-35-39(29-32-59(50)67-61(48)53)38-28-31-57-49(34-38)46-21-9-11-27-56(46)66-57;1-2/h3-9,11-25,27-37H,2,10,26H2,1H3;1-2H2/b15-3-;. The lowest BCUT2D eigenvalue weighted by Gasteiger charge is -2.29. The average Bonchev–Trinajstić information content (AvgIpc) is 4.18. The fraction of sp³-hybridized carbons (Fsp3) is 0.0476. The lowest BCUT2D eigenvalue weighted by Crippen LogP contribution is -2.13. The number of aryl methyl sites for hydroxylation is 1. The summed E-state index contributed by atoms with van der Waals surface area (Å²) >= 11 is 5.52. The highest BCUT2D eigenvalue weighted by Gasteiger charge is 2.25. The number of anilines is 6. The number of para-hydroxylation sites is 2. The van der Waals surface area contributed by atoms with Crippen LogP contribution in [0.25, 0.3) is 90.8 Å². The van der Waals surface area contributed by atoms with Gasteiger partial charge in [-0.15, -0.1) is 47.2 Å². The molecular formula is C63H46N2OS3. The molecule has 0 unspecified atom stereocenters. The number of hydrogen-bond acceptors (Lipinski definition) is 6. The molecule has 8 aromatic carbocycles. The molecule has 0 aliphatic heterocycles. The molecule has 0 fully saturated rings. The van der Waals surface area contributed by atoms with Gasteiger partial charge in [-0.1, -0.05) is 116 Å². The molecule has 13 rings (SSSR count). The largest absolute Gasteiger partial charge is 0.458 e. The van der Waals surface area contributed by atoms with Gasteiger partial charge in [-0.2, -0.15) is 0 Å². The highest BCUT2D eigenvalue weighted by molar-refractivity contribution is 7.26. The Morgan fingerprint density at radius 3 is 1.91 bits per heavy atom. The van der Waals surface area contributed by atoms with Crippen LogP contribution in [0.5, 0.6) is 0 Å². The van der Waals surface area contributed by atoms with E-state index in [0.717, 1.165) is 63.7 Å². The van der Waals surface area contributed by atoms with Crippen molar-refractivity contribution in [3.63, 3.8) is 0 Å². The Balaban J connectivity index is 0.00000243. The summed E-state index contributed by atoms with van der Waals surface area (Å²) in [4.78, 5) is 5.99. The molecule has 0 saturated carbocycles. The van der Waals surface area contributed by atoms with Crippen molar-refractivity contribution in [2.75, 3.05) is 9.80 Å². The summed E-state index contributed by atoms with van der Waals surface area (Å²) in [5, 5.41) is 7.51. The van der Waals surface area contributed by atoms with Crippen molar-refractivity contribution < 1.29 is 4.42 Å². The van der Waals surface area contributed by atoms with Crippen molar-refractivity contribution in [2.45, 2.75) is 19.8 Å². The number of nitrogens with zero attached hydrogens (tertiary/aromatic N) is 2. The molecule has 0 bridgehead atoms. The van der Waals surface area contributed by atoms with Crippen LogP contribution >= 0.6 is 34.0 Å². The molecule has 0 N–H and O–H groups in total. The summed E-state index contributed by atoms with van der Waals surface area (Å²) in [5.41, 5.74) is 12.1. The number of rotatable bonds is 9. The molecule has 0 saturated heterocycles. The molecule has 69 heavy (non-hydrogen) atoms. The molecule has 12 aromatic rings. The fourth-order valence-corrected chi connectivity index (χ4v) is 13.4. The monoisotopic (exact) mass is 942 g/mol. The van der Waals surface area contributed by atoms with Crippen molar-refractivity contribution in [3.8, 4) is 11.1 Å². The first-order chi connectivity index (χ1) is 34.1. The van der Waals surface area contributed by atoms with E-state index in [2.05, 4.69) is 231 Å². The Kier molecular flexibility index (Phi) is 10.9. The lowest BCUT2D eigenvalue weighted by atomic mass is 10.0. The zero-order valence-corrected chi connectivity index (χ0v) is 40.6. The average molecular weight is 943 g/mol. The van der Waals surface area contributed by atoms with Crippen LogP contribution in [0, 0.1) is 0 Å². The van der Waals surface area contributed by atoms with E-state index in [1.165, 1.54) is 77.6 Å². The van der Waals surface area contributed by atoms with Gasteiger partial charge in [0.2, 0.25) is 0 Å². The van der Waals surface area contributed by atoms with Gasteiger partial charge in [0.15, 0.2) is 5.58 Å². The van der Waals surface area contributed by atoms with E-state index in [0.29, 0.717) is 0 Å². The van der Waals surface area contributed by atoms with Gasteiger partial charge in [0.05, 0.1) is 16.1 Å². The maximum Gasteiger partial charge on any atom is 0.158 e. The van der Waals surface area contributed by atoms with Crippen molar-refractivity contribution >= 4 is 148 Å². The Morgan fingerprint density at radius 1 is 0.522 bits per heavy atom. The van der Waals surface area contributed by atoms with Gasteiger partial charge in [-0.25, -0.2) is 0 Å². The predicted molar refractivity (Wildman–Crippen MR) is 306 cm³/mol. The van der Waals surface area contributed by atoms with E-state index in [9.17, 15) is 0 Å². The molecule has 6 heteroatoms. The quantitative estimate of drug-likeness (QED) is 0.134. The van der Waals surface area contributed by atoms with Crippen LogP contribution in [0.15, 0.2) is 206 Å². The predicted octanol–water partition coefficient (Wildman–Crippen LogP) is 20.4. The Labute approximate surface area is 413 Å². The summed E-state index contributed by atoms with van der Waals surface area (Å²) < 4.78 is 13.2. The number of fused-ring (bicyclic) bond motifs is 10. The number of allylic oxidation sites excluding steroid dienone is 2. The summed E-state index contributed by atoms with van der Waals surface area (Å²) in [7, 11) is 0. The maximum absolute atomic E-state index is 6.78. The van der Waals surface area contributed by atoms with E-state index in [1.807, 2.05) is 28.7 Å². The van der Waals surface area contributed by atoms with Gasteiger partial charge in [-0.05, 0) is 115 Å². The van der Waals surface area contributed by atoms with Gasteiger partial charge in [0.1, 0.15) is 5.76 Å². The topological polar surface area (TPSA) is 19.6 Å². The number of furan rings is 1. The second-order valence-corrected chi connectivity index (χ2v) is 20.3. The first kappa shape index (κ1) is 42.6. The minimum Gasteiger partial charge on any atom is -0.458 e.